The molecule has 2 aromatic rings. The van der Waals surface area contributed by atoms with Crippen molar-refractivity contribution in [2.24, 2.45) is 0 Å². The molecule has 0 saturated heterocycles. The van der Waals surface area contributed by atoms with Gasteiger partial charge in [-0.15, -0.1) is 0 Å². The van der Waals surface area contributed by atoms with Gasteiger partial charge in [-0.2, -0.15) is 0 Å². The Balaban J connectivity index is 2.23. The number of aryl methyl sites for hydroxylation is 1. The zero-order chi connectivity index (χ0) is 18.6. The van der Waals surface area contributed by atoms with Crippen LogP contribution in [0.5, 0.6) is 0 Å². The summed E-state index contributed by atoms with van der Waals surface area (Å²) in [6, 6.07) is 8.25. The van der Waals surface area contributed by atoms with Crippen molar-refractivity contribution < 1.29 is 0 Å². The van der Waals surface area contributed by atoms with Crippen molar-refractivity contribution >= 4 is 11.5 Å². The number of benzene rings is 1. The van der Waals surface area contributed by atoms with Crippen molar-refractivity contribution in [2.75, 3.05) is 25.6 Å². The van der Waals surface area contributed by atoms with E-state index in [1.54, 1.807) is 0 Å². The van der Waals surface area contributed by atoms with Crippen LogP contribution in [0.2, 0.25) is 0 Å². The van der Waals surface area contributed by atoms with E-state index < -0.39 is 11.2 Å². The molecular formula is C18H27N5O2. The number of aromatic nitrogens is 2. The zero-order valence-electron chi connectivity index (χ0n) is 15.2. The fraction of sp³-hybridized carbons (Fsp3) is 0.444. The van der Waals surface area contributed by atoms with Crippen LogP contribution >= 0.6 is 0 Å². The van der Waals surface area contributed by atoms with Crippen LogP contribution in [-0.2, 0) is 26.1 Å². The summed E-state index contributed by atoms with van der Waals surface area (Å²) >= 11 is 0. The standard InChI is InChI=1S/C18H27N5O2/c1-4-10-23-17(24)15(19)16(20)22(18(23)25)11-9-13-5-7-14(8-6-13)12-21(2)3/h5-8H,4,9-12,19-20H2,1-3H3. The first-order chi connectivity index (χ1) is 11.8. The van der Waals surface area contributed by atoms with Crippen LogP contribution in [0.4, 0.5) is 11.5 Å². The van der Waals surface area contributed by atoms with Gasteiger partial charge in [0.05, 0.1) is 0 Å². The Morgan fingerprint density at radius 1 is 0.960 bits per heavy atom. The van der Waals surface area contributed by atoms with Crippen LogP contribution in [0.15, 0.2) is 33.9 Å². The molecule has 1 aromatic heterocycles. The van der Waals surface area contributed by atoms with Gasteiger partial charge in [-0.05, 0) is 38.1 Å². The Morgan fingerprint density at radius 2 is 1.56 bits per heavy atom. The molecule has 4 N–H and O–H groups in total. The minimum atomic E-state index is -0.506. The summed E-state index contributed by atoms with van der Waals surface area (Å²) in [5.41, 5.74) is 13.1. The van der Waals surface area contributed by atoms with Gasteiger partial charge in [0.25, 0.3) is 5.56 Å². The molecule has 2 rings (SSSR count). The number of nitrogen functional groups attached to an aromatic ring is 2. The molecule has 0 fully saturated rings. The smallest absolute Gasteiger partial charge is 0.332 e. The molecule has 0 aliphatic carbocycles. The summed E-state index contributed by atoms with van der Waals surface area (Å²) in [4.78, 5) is 26.7. The molecule has 0 saturated carbocycles. The maximum atomic E-state index is 12.5. The summed E-state index contributed by atoms with van der Waals surface area (Å²) in [7, 11) is 4.05. The molecule has 7 nitrogen and oxygen atoms in total. The number of anilines is 2. The molecule has 0 unspecified atom stereocenters. The van der Waals surface area contributed by atoms with Gasteiger partial charge < -0.3 is 16.4 Å². The Kier molecular flexibility index (Phi) is 6.03. The lowest BCUT2D eigenvalue weighted by atomic mass is 10.1. The third-order valence-corrected chi connectivity index (χ3v) is 4.10. The fourth-order valence-electron chi connectivity index (χ4n) is 2.79. The second-order valence-electron chi connectivity index (χ2n) is 6.49. The maximum absolute atomic E-state index is 12.5. The molecule has 0 radical (unpaired) electrons. The minimum Gasteiger partial charge on any atom is -0.391 e. The first-order valence-corrected chi connectivity index (χ1v) is 8.46. The topological polar surface area (TPSA) is 99.3 Å². The third kappa shape index (κ3) is 4.30. The average Bonchev–Trinajstić information content (AvgIpc) is 2.58. The van der Waals surface area contributed by atoms with Crippen LogP contribution in [-0.4, -0.2) is 28.1 Å². The normalized spacial score (nSPS) is 11.2. The van der Waals surface area contributed by atoms with Crippen molar-refractivity contribution in [1.29, 1.82) is 0 Å². The van der Waals surface area contributed by atoms with Crippen molar-refractivity contribution in [3.8, 4) is 0 Å². The van der Waals surface area contributed by atoms with Crippen LogP contribution in [0.1, 0.15) is 24.5 Å². The highest BCUT2D eigenvalue weighted by Gasteiger charge is 2.14. The number of nitrogens with zero attached hydrogens (tertiary/aromatic N) is 3. The van der Waals surface area contributed by atoms with Crippen LogP contribution < -0.4 is 22.7 Å². The van der Waals surface area contributed by atoms with E-state index in [2.05, 4.69) is 17.0 Å². The predicted molar refractivity (Wildman–Crippen MR) is 102 cm³/mol. The quantitative estimate of drug-likeness (QED) is 0.776. The molecule has 0 aliphatic rings. The summed E-state index contributed by atoms with van der Waals surface area (Å²) in [5.74, 6) is 0.0478. The van der Waals surface area contributed by atoms with E-state index in [4.69, 9.17) is 11.5 Å². The van der Waals surface area contributed by atoms with Gasteiger partial charge in [0.2, 0.25) is 0 Å². The summed E-state index contributed by atoms with van der Waals surface area (Å²) < 4.78 is 2.55. The maximum Gasteiger partial charge on any atom is 0.332 e. The summed E-state index contributed by atoms with van der Waals surface area (Å²) in [5, 5.41) is 0. The Hall–Kier alpha value is -2.54. The lowest BCUT2D eigenvalue weighted by molar-refractivity contribution is 0.402. The average molecular weight is 345 g/mol. The van der Waals surface area contributed by atoms with E-state index >= 15 is 0 Å². The third-order valence-electron chi connectivity index (χ3n) is 4.10. The van der Waals surface area contributed by atoms with Crippen LogP contribution in [0, 0.1) is 0 Å². The molecule has 0 bridgehead atoms. The highest BCUT2D eigenvalue weighted by atomic mass is 16.2. The van der Waals surface area contributed by atoms with Crippen LogP contribution in [0.25, 0.3) is 0 Å². The molecule has 7 heteroatoms. The van der Waals surface area contributed by atoms with Crippen molar-refractivity contribution in [3.05, 3.63) is 56.2 Å². The predicted octanol–water partition coefficient (Wildman–Crippen LogP) is 0.889. The van der Waals surface area contributed by atoms with E-state index in [-0.39, 0.29) is 11.5 Å². The van der Waals surface area contributed by atoms with Gasteiger partial charge in [-0.1, -0.05) is 31.2 Å². The molecule has 0 amide bonds. The molecule has 136 valence electrons. The fourth-order valence-corrected chi connectivity index (χ4v) is 2.79. The Bertz CT molecular complexity index is 834. The molecule has 0 spiro atoms. The SMILES string of the molecule is CCCn1c(=O)c(N)c(N)n(CCc2ccc(CN(C)C)cc2)c1=O. The second-order valence-corrected chi connectivity index (χ2v) is 6.49. The molecular weight excluding hydrogens is 318 g/mol. The van der Waals surface area contributed by atoms with Gasteiger partial charge in [-0.25, -0.2) is 4.79 Å². The van der Waals surface area contributed by atoms with Gasteiger partial charge in [0, 0.05) is 19.6 Å². The first kappa shape index (κ1) is 18.8. The van der Waals surface area contributed by atoms with E-state index in [1.165, 1.54) is 10.1 Å². The summed E-state index contributed by atoms with van der Waals surface area (Å²) in [6.45, 7) is 3.50. The van der Waals surface area contributed by atoms with Gasteiger partial charge >= 0.3 is 5.69 Å². The Morgan fingerprint density at radius 3 is 2.12 bits per heavy atom. The Labute approximate surface area is 147 Å². The number of nitrogens with two attached hydrogens (primary N) is 2. The van der Waals surface area contributed by atoms with Gasteiger partial charge in [0.1, 0.15) is 11.5 Å². The van der Waals surface area contributed by atoms with E-state index in [1.807, 2.05) is 33.2 Å². The monoisotopic (exact) mass is 345 g/mol. The lowest BCUT2D eigenvalue weighted by Crippen LogP contribution is -2.42. The minimum absolute atomic E-state index is 0.0478. The van der Waals surface area contributed by atoms with E-state index in [0.29, 0.717) is 25.9 Å². The van der Waals surface area contributed by atoms with Crippen molar-refractivity contribution in [2.45, 2.75) is 39.4 Å². The van der Waals surface area contributed by atoms with Crippen molar-refractivity contribution in [3.63, 3.8) is 0 Å². The molecule has 1 aromatic carbocycles. The van der Waals surface area contributed by atoms with E-state index in [0.717, 1.165) is 16.7 Å². The number of hydrogen-bond donors (Lipinski definition) is 2. The van der Waals surface area contributed by atoms with Crippen LogP contribution in [0.3, 0.4) is 0 Å². The second kappa shape index (κ2) is 8.02. The van der Waals surface area contributed by atoms with E-state index in [9.17, 15) is 9.59 Å². The molecule has 0 aliphatic heterocycles. The number of rotatable bonds is 7. The number of hydrogen-bond acceptors (Lipinski definition) is 5. The zero-order valence-corrected chi connectivity index (χ0v) is 15.2. The summed E-state index contributed by atoms with van der Waals surface area (Å²) in [6.07, 6.45) is 1.31. The molecule has 1 heterocycles. The highest BCUT2D eigenvalue weighted by molar-refractivity contribution is 5.56. The van der Waals surface area contributed by atoms with Gasteiger partial charge in [0.15, 0.2) is 0 Å². The lowest BCUT2D eigenvalue weighted by Gasteiger charge is -2.15. The first-order valence-electron chi connectivity index (χ1n) is 8.46. The molecule has 0 atom stereocenters. The largest absolute Gasteiger partial charge is 0.391 e. The van der Waals surface area contributed by atoms with Crippen molar-refractivity contribution in [1.82, 2.24) is 14.0 Å². The highest BCUT2D eigenvalue weighted by Crippen LogP contribution is 2.10. The molecule has 25 heavy (non-hydrogen) atoms. The van der Waals surface area contributed by atoms with Gasteiger partial charge in [-0.3, -0.25) is 13.9 Å².